The fourth-order valence-electron chi connectivity index (χ4n) is 1.93. The van der Waals surface area contributed by atoms with Crippen LogP contribution in [0, 0.1) is 12.8 Å². The Morgan fingerprint density at radius 1 is 1.16 bits per heavy atom. The van der Waals surface area contributed by atoms with Crippen molar-refractivity contribution >= 4 is 11.8 Å². The van der Waals surface area contributed by atoms with E-state index in [0.29, 0.717) is 17.0 Å². The number of nitrogens with two attached hydrogens (primary N) is 1. The van der Waals surface area contributed by atoms with E-state index in [0.717, 1.165) is 5.56 Å². The van der Waals surface area contributed by atoms with Crippen LogP contribution in [0.3, 0.4) is 0 Å². The van der Waals surface area contributed by atoms with Crippen LogP contribution >= 0.6 is 11.8 Å². The molecule has 5 heteroatoms. The fraction of sp³-hybridized carbons (Fsp3) is 0.429. The zero-order valence-corrected chi connectivity index (χ0v) is 12.2. The molecule has 0 bridgehead atoms. The average molecular weight is 277 g/mol. The maximum Gasteiger partial charge on any atom is 0.276 e. The smallest absolute Gasteiger partial charge is 0.276 e. The van der Waals surface area contributed by atoms with Crippen molar-refractivity contribution in [3.8, 4) is 0 Å². The van der Waals surface area contributed by atoms with E-state index in [4.69, 9.17) is 10.2 Å². The Morgan fingerprint density at radius 2 is 1.84 bits per heavy atom. The molecule has 2 N–H and O–H groups in total. The minimum atomic E-state index is -0.0570. The number of aryl methyl sites for hydroxylation is 1. The molecule has 0 saturated carbocycles. The molecular weight excluding hydrogens is 258 g/mol. The number of aromatic nitrogens is 2. The second-order valence-corrected chi connectivity index (χ2v) is 5.98. The van der Waals surface area contributed by atoms with Gasteiger partial charge in [0.1, 0.15) is 0 Å². The first kappa shape index (κ1) is 14.1. The Balaban J connectivity index is 2.16. The van der Waals surface area contributed by atoms with Crippen LogP contribution in [-0.4, -0.2) is 15.4 Å². The van der Waals surface area contributed by atoms with Gasteiger partial charge in [-0.25, -0.2) is 0 Å². The van der Waals surface area contributed by atoms with Crippen molar-refractivity contribution in [3.63, 3.8) is 0 Å². The number of thioether (sulfide) groups is 1. The molecular formula is C14H19N3OS. The van der Waals surface area contributed by atoms with E-state index >= 15 is 0 Å². The lowest BCUT2D eigenvalue weighted by Gasteiger charge is -2.25. The Labute approximate surface area is 117 Å². The molecule has 2 aromatic rings. The Hall–Kier alpha value is -1.33. The first-order chi connectivity index (χ1) is 9.08. The molecule has 0 amide bonds. The van der Waals surface area contributed by atoms with Gasteiger partial charge in [0.2, 0.25) is 5.89 Å². The maximum atomic E-state index is 6.38. The predicted octanol–water partition coefficient (Wildman–Crippen LogP) is 3.19. The SMILES string of the molecule is Cc1nnc(SC(C(C)C)C(N)c2ccccc2)o1. The summed E-state index contributed by atoms with van der Waals surface area (Å²) in [5.74, 6) is 0.991. The fourth-order valence-corrected chi connectivity index (χ4v) is 3.00. The van der Waals surface area contributed by atoms with E-state index in [2.05, 4.69) is 36.2 Å². The molecule has 4 nitrogen and oxygen atoms in total. The van der Waals surface area contributed by atoms with E-state index in [-0.39, 0.29) is 11.3 Å². The lowest BCUT2D eigenvalue weighted by molar-refractivity contribution is 0.424. The third-order valence-electron chi connectivity index (χ3n) is 2.94. The first-order valence-corrected chi connectivity index (χ1v) is 7.23. The summed E-state index contributed by atoms with van der Waals surface area (Å²) >= 11 is 1.56. The lowest BCUT2D eigenvalue weighted by atomic mass is 9.97. The molecule has 0 fully saturated rings. The van der Waals surface area contributed by atoms with Crippen molar-refractivity contribution < 1.29 is 4.42 Å². The summed E-state index contributed by atoms with van der Waals surface area (Å²) in [7, 11) is 0. The zero-order valence-electron chi connectivity index (χ0n) is 11.4. The second-order valence-electron chi connectivity index (χ2n) is 4.85. The van der Waals surface area contributed by atoms with Gasteiger partial charge in [0.15, 0.2) is 0 Å². The van der Waals surface area contributed by atoms with Gasteiger partial charge in [-0.05, 0) is 11.5 Å². The van der Waals surface area contributed by atoms with Crippen LogP contribution in [0.25, 0.3) is 0 Å². The molecule has 1 aromatic heterocycles. The number of rotatable bonds is 5. The minimum Gasteiger partial charge on any atom is -0.416 e. The third-order valence-corrected chi connectivity index (χ3v) is 4.42. The number of hydrogen-bond acceptors (Lipinski definition) is 5. The Kier molecular flexibility index (Phi) is 4.61. The average Bonchev–Trinajstić information content (AvgIpc) is 2.81. The van der Waals surface area contributed by atoms with E-state index < -0.39 is 0 Å². The van der Waals surface area contributed by atoms with Gasteiger partial charge in [-0.1, -0.05) is 55.9 Å². The standard InChI is InChI=1S/C14H19N3OS/c1-9(2)13(19-14-17-16-10(3)18-14)12(15)11-7-5-4-6-8-11/h4-9,12-13H,15H2,1-3H3. The lowest BCUT2D eigenvalue weighted by Crippen LogP contribution is -2.28. The second kappa shape index (κ2) is 6.21. The summed E-state index contributed by atoms with van der Waals surface area (Å²) in [6, 6.07) is 10.1. The number of benzene rings is 1. The third kappa shape index (κ3) is 3.58. The van der Waals surface area contributed by atoms with E-state index in [1.165, 1.54) is 0 Å². The highest BCUT2D eigenvalue weighted by Crippen LogP contribution is 2.34. The van der Waals surface area contributed by atoms with Gasteiger partial charge in [0.05, 0.1) is 0 Å². The van der Waals surface area contributed by atoms with E-state index in [9.17, 15) is 0 Å². The van der Waals surface area contributed by atoms with Crippen LogP contribution in [-0.2, 0) is 0 Å². The maximum absolute atomic E-state index is 6.38. The molecule has 1 aromatic carbocycles. The Morgan fingerprint density at radius 3 is 2.37 bits per heavy atom. The molecule has 2 rings (SSSR count). The molecule has 2 unspecified atom stereocenters. The summed E-state index contributed by atoms with van der Waals surface area (Å²) in [5.41, 5.74) is 7.51. The van der Waals surface area contributed by atoms with Gasteiger partial charge < -0.3 is 10.2 Å². The molecule has 0 saturated heterocycles. The molecule has 0 aliphatic heterocycles. The van der Waals surface area contributed by atoms with Crippen molar-refractivity contribution in [2.75, 3.05) is 0 Å². The van der Waals surface area contributed by atoms with Crippen molar-refractivity contribution in [2.24, 2.45) is 11.7 Å². The molecule has 0 aliphatic rings. The highest BCUT2D eigenvalue weighted by Gasteiger charge is 2.26. The van der Waals surface area contributed by atoms with Gasteiger partial charge in [0.25, 0.3) is 5.22 Å². The van der Waals surface area contributed by atoms with Crippen molar-refractivity contribution in [2.45, 2.75) is 37.3 Å². The monoisotopic (exact) mass is 277 g/mol. The van der Waals surface area contributed by atoms with Crippen molar-refractivity contribution in [1.82, 2.24) is 10.2 Å². The molecule has 0 spiro atoms. The molecule has 102 valence electrons. The van der Waals surface area contributed by atoms with Crippen LogP contribution in [0.1, 0.15) is 31.3 Å². The van der Waals surface area contributed by atoms with Crippen LogP contribution < -0.4 is 5.73 Å². The van der Waals surface area contributed by atoms with Gasteiger partial charge in [-0.3, -0.25) is 0 Å². The topological polar surface area (TPSA) is 64.9 Å². The number of nitrogens with zero attached hydrogens (tertiary/aromatic N) is 2. The highest BCUT2D eigenvalue weighted by molar-refractivity contribution is 7.99. The summed E-state index contributed by atoms with van der Waals surface area (Å²) in [5, 5.41) is 8.67. The van der Waals surface area contributed by atoms with Gasteiger partial charge in [-0.15, -0.1) is 10.2 Å². The quantitative estimate of drug-likeness (QED) is 0.850. The van der Waals surface area contributed by atoms with Crippen LogP contribution in [0.15, 0.2) is 40.0 Å². The highest BCUT2D eigenvalue weighted by atomic mass is 32.2. The first-order valence-electron chi connectivity index (χ1n) is 6.35. The van der Waals surface area contributed by atoms with Gasteiger partial charge in [-0.2, -0.15) is 0 Å². The van der Waals surface area contributed by atoms with Crippen LogP contribution in [0.5, 0.6) is 0 Å². The summed E-state index contributed by atoms with van der Waals surface area (Å²) in [6.07, 6.45) is 0. The van der Waals surface area contributed by atoms with Crippen LogP contribution in [0.2, 0.25) is 0 Å². The summed E-state index contributed by atoms with van der Waals surface area (Å²) in [4.78, 5) is 0. The predicted molar refractivity (Wildman–Crippen MR) is 76.9 cm³/mol. The summed E-state index contributed by atoms with van der Waals surface area (Å²) < 4.78 is 5.44. The molecule has 0 aliphatic carbocycles. The molecule has 0 radical (unpaired) electrons. The van der Waals surface area contributed by atoms with E-state index in [1.807, 2.05) is 18.2 Å². The zero-order chi connectivity index (χ0) is 13.8. The number of hydrogen-bond donors (Lipinski definition) is 1. The summed E-state index contributed by atoms with van der Waals surface area (Å²) in [6.45, 7) is 6.10. The van der Waals surface area contributed by atoms with Crippen molar-refractivity contribution in [1.29, 1.82) is 0 Å². The van der Waals surface area contributed by atoms with Gasteiger partial charge in [0, 0.05) is 18.2 Å². The molecule has 19 heavy (non-hydrogen) atoms. The van der Waals surface area contributed by atoms with Crippen molar-refractivity contribution in [3.05, 3.63) is 41.8 Å². The van der Waals surface area contributed by atoms with Crippen LogP contribution in [0.4, 0.5) is 0 Å². The normalized spacial score (nSPS) is 14.6. The molecule has 1 heterocycles. The van der Waals surface area contributed by atoms with Gasteiger partial charge >= 0.3 is 0 Å². The Bertz CT molecular complexity index is 512. The van der Waals surface area contributed by atoms with E-state index in [1.54, 1.807) is 18.7 Å². The minimum absolute atomic E-state index is 0.0570. The molecule has 2 atom stereocenters. The largest absolute Gasteiger partial charge is 0.416 e.